The first-order chi connectivity index (χ1) is 19.3. The molecule has 0 aliphatic carbocycles. The third-order valence-corrected chi connectivity index (χ3v) is 7.79. The number of amides is 3. The number of imide groups is 1. The number of ether oxygens (including phenoxy) is 1. The zero-order valence-corrected chi connectivity index (χ0v) is 23.5. The second-order valence-electron chi connectivity index (χ2n) is 9.88. The normalized spacial score (nSPS) is 15.2. The van der Waals surface area contributed by atoms with Gasteiger partial charge in [0.05, 0.1) is 17.5 Å². The second kappa shape index (κ2) is 11.8. The number of thioether (sulfide) groups is 1. The highest BCUT2D eigenvalue weighted by Crippen LogP contribution is 2.34. The Morgan fingerprint density at radius 3 is 2.58 bits per heavy atom. The van der Waals surface area contributed by atoms with E-state index in [9.17, 15) is 14.4 Å². The van der Waals surface area contributed by atoms with E-state index in [1.807, 2.05) is 104 Å². The lowest BCUT2D eigenvalue weighted by atomic mass is 10.1. The molecule has 0 radical (unpaired) electrons. The molecule has 1 unspecified atom stereocenters. The molecule has 1 aliphatic rings. The van der Waals surface area contributed by atoms with E-state index in [4.69, 9.17) is 4.74 Å². The average molecular weight is 554 g/mol. The molecule has 8 heteroatoms. The molecule has 1 atom stereocenters. The topological polar surface area (TPSA) is 80.6 Å². The Morgan fingerprint density at radius 2 is 1.77 bits per heavy atom. The number of nitrogens with one attached hydrogen (secondary N) is 1. The van der Waals surface area contributed by atoms with Crippen LogP contribution in [0, 0.1) is 13.8 Å². The first-order valence-electron chi connectivity index (χ1n) is 13.2. The maximum absolute atomic E-state index is 13.1. The molecule has 40 heavy (non-hydrogen) atoms. The van der Waals surface area contributed by atoms with Crippen molar-refractivity contribution in [3.63, 3.8) is 0 Å². The van der Waals surface area contributed by atoms with Gasteiger partial charge in [0, 0.05) is 22.7 Å². The fourth-order valence-electron chi connectivity index (χ4n) is 4.73. The van der Waals surface area contributed by atoms with E-state index in [0.29, 0.717) is 4.91 Å². The molecule has 2 heterocycles. The summed E-state index contributed by atoms with van der Waals surface area (Å²) in [5.41, 5.74) is 4.76. The summed E-state index contributed by atoms with van der Waals surface area (Å²) in [6.07, 6.45) is 3.59. The van der Waals surface area contributed by atoms with Gasteiger partial charge in [-0.05, 0) is 67.4 Å². The fourth-order valence-corrected chi connectivity index (χ4v) is 5.59. The molecule has 5 rings (SSSR count). The summed E-state index contributed by atoms with van der Waals surface area (Å²) in [5, 5.41) is 3.63. The average Bonchev–Trinajstić information content (AvgIpc) is 3.42. The van der Waals surface area contributed by atoms with Crippen molar-refractivity contribution in [3.05, 3.63) is 106 Å². The summed E-state index contributed by atoms with van der Waals surface area (Å²) in [6.45, 7) is 6.41. The summed E-state index contributed by atoms with van der Waals surface area (Å²) in [5.74, 6) is 0.288. The quantitative estimate of drug-likeness (QED) is 0.248. The fraction of sp³-hybridized carbons (Fsp3) is 0.219. The Morgan fingerprint density at radius 1 is 1.02 bits per heavy atom. The number of para-hydroxylation sites is 1. The van der Waals surface area contributed by atoms with Crippen molar-refractivity contribution in [2.45, 2.75) is 33.4 Å². The number of hydrogen-bond donors (Lipinski definition) is 1. The minimum absolute atomic E-state index is 0.118. The summed E-state index contributed by atoms with van der Waals surface area (Å²) in [7, 11) is 0. The number of aromatic nitrogens is 1. The van der Waals surface area contributed by atoms with E-state index in [1.165, 1.54) is 4.90 Å². The molecule has 0 bridgehead atoms. The summed E-state index contributed by atoms with van der Waals surface area (Å²) in [6, 6.07) is 23.3. The van der Waals surface area contributed by atoms with Crippen LogP contribution in [-0.2, 0) is 16.1 Å². The van der Waals surface area contributed by atoms with Gasteiger partial charge in [0.15, 0.2) is 0 Å². The van der Waals surface area contributed by atoms with Crippen LogP contribution in [0.25, 0.3) is 17.0 Å². The van der Waals surface area contributed by atoms with E-state index in [1.54, 1.807) is 6.08 Å². The van der Waals surface area contributed by atoms with Crippen LogP contribution in [0.2, 0.25) is 0 Å². The van der Waals surface area contributed by atoms with Crippen molar-refractivity contribution < 1.29 is 19.1 Å². The second-order valence-corrected chi connectivity index (χ2v) is 10.9. The minimum atomic E-state index is -0.342. The molecule has 1 aliphatic heterocycles. The highest BCUT2D eigenvalue weighted by Gasteiger charge is 2.35. The largest absolute Gasteiger partial charge is 0.491 e. The van der Waals surface area contributed by atoms with Gasteiger partial charge in [0.1, 0.15) is 18.9 Å². The zero-order chi connectivity index (χ0) is 28.2. The van der Waals surface area contributed by atoms with E-state index in [2.05, 4.69) is 5.32 Å². The molecule has 3 aromatic carbocycles. The van der Waals surface area contributed by atoms with Crippen molar-refractivity contribution >= 4 is 45.8 Å². The van der Waals surface area contributed by atoms with Gasteiger partial charge >= 0.3 is 0 Å². The van der Waals surface area contributed by atoms with Crippen LogP contribution in [0.3, 0.4) is 0 Å². The van der Waals surface area contributed by atoms with Gasteiger partial charge in [-0.2, -0.15) is 0 Å². The highest BCUT2D eigenvalue weighted by molar-refractivity contribution is 8.18. The number of fused-ring (bicyclic) bond motifs is 1. The van der Waals surface area contributed by atoms with Gasteiger partial charge in [-0.15, -0.1) is 0 Å². The number of rotatable bonds is 9. The Kier molecular flexibility index (Phi) is 8.07. The van der Waals surface area contributed by atoms with Crippen molar-refractivity contribution in [1.82, 2.24) is 14.8 Å². The van der Waals surface area contributed by atoms with Crippen LogP contribution >= 0.6 is 11.8 Å². The third-order valence-electron chi connectivity index (χ3n) is 6.89. The lowest BCUT2D eigenvalue weighted by Gasteiger charge is -2.15. The molecule has 204 valence electrons. The molecule has 1 N–H and O–H groups in total. The first kappa shape index (κ1) is 27.3. The molecule has 0 saturated carbocycles. The van der Waals surface area contributed by atoms with Gasteiger partial charge in [-0.3, -0.25) is 19.3 Å². The predicted octanol–water partition coefficient (Wildman–Crippen LogP) is 6.25. The molecular formula is C32H31N3O4S. The van der Waals surface area contributed by atoms with Crippen LogP contribution in [0.1, 0.15) is 35.2 Å². The van der Waals surface area contributed by atoms with Crippen LogP contribution < -0.4 is 10.1 Å². The number of aryl methyl sites for hydroxylation is 2. The molecule has 1 saturated heterocycles. The van der Waals surface area contributed by atoms with E-state index in [0.717, 1.165) is 50.7 Å². The highest BCUT2D eigenvalue weighted by atomic mass is 32.2. The molecule has 0 spiro atoms. The summed E-state index contributed by atoms with van der Waals surface area (Å²) < 4.78 is 7.74. The van der Waals surface area contributed by atoms with Crippen molar-refractivity contribution in [2.24, 2.45) is 0 Å². The molecule has 1 aromatic heterocycles. The van der Waals surface area contributed by atoms with Crippen LogP contribution in [0.4, 0.5) is 4.79 Å². The Bertz CT molecular complexity index is 1610. The first-order valence-corrected chi connectivity index (χ1v) is 14.0. The number of hydrogen-bond acceptors (Lipinski definition) is 5. The lowest BCUT2D eigenvalue weighted by Crippen LogP contribution is -2.32. The van der Waals surface area contributed by atoms with E-state index < -0.39 is 0 Å². The Labute approximate surface area is 237 Å². The zero-order valence-electron chi connectivity index (χ0n) is 22.7. The maximum atomic E-state index is 13.1. The predicted molar refractivity (Wildman–Crippen MR) is 159 cm³/mol. The molecule has 3 amide bonds. The number of nitrogens with zero attached hydrogens (tertiary/aromatic N) is 2. The number of carbonyl (C=O) groups is 3. The number of carbonyl (C=O) groups excluding carboxylic acids is 3. The van der Waals surface area contributed by atoms with Gasteiger partial charge in [0.2, 0.25) is 5.91 Å². The lowest BCUT2D eigenvalue weighted by molar-refractivity contribution is -0.123. The van der Waals surface area contributed by atoms with Crippen molar-refractivity contribution in [2.75, 3.05) is 13.2 Å². The number of benzene rings is 3. The molecule has 4 aromatic rings. The standard InChI is InChI=1S/C32H31N3O4S/c1-21-13-14-22(2)28(17-21)39-16-15-35-31(37)29(40-32(35)38)18-25-19-34(27-12-8-7-11-26(25)27)20-30(36)33-23(3)24-9-5-4-6-10-24/h4-14,17-19,23H,15-16,20H2,1-3H3,(H,33,36)/b29-18-. The van der Waals surface area contributed by atoms with Crippen LogP contribution in [0.5, 0.6) is 5.75 Å². The minimum Gasteiger partial charge on any atom is -0.491 e. The van der Waals surface area contributed by atoms with Gasteiger partial charge in [0.25, 0.3) is 11.1 Å². The summed E-state index contributed by atoms with van der Waals surface area (Å²) in [4.78, 5) is 40.3. The van der Waals surface area contributed by atoms with Crippen LogP contribution in [0.15, 0.2) is 83.9 Å². The molecule has 7 nitrogen and oxygen atoms in total. The summed E-state index contributed by atoms with van der Waals surface area (Å²) >= 11 is 0.921. The molecular weight excluding hydrogens is 522 g/mol. The van der Waals surface area contributed by atoms with Gasteiger partial charge < -0.3 is 14.6 Å². The van der Waals surface area contributed by atoms with Crippen molar-refractivity contribution in [1.29, 1.82) is 0 Å². The van der Waals surface area contributed by atoms with E-state index in [-0.39, 0.29) is 42.8 Å². The van der Waals surface area contributed by atoms with E-state index >= 15 is 0 Å². The van der Waals surface area contributed by atoms with Crippen molar-refractivity contribution in [3.8, 4) is 5.75 Å². The van der Waals surface area contributed by atoms with Gasteiger partial charge in [-0.1, -0.05) is 60.7 Å². The maximum Gasteiger partial charge on any atom is 0.293 e. The SMILES string of the molecule is Cc1ccc(C)c(OCCN2C(=O)S/C(=C\c3cn(CC(=O)NC(C)c4ccccc4)c4ccccc34)C2=O)c1. The molecule has 1 fully saturated rings. The van der Waals surface area contributed by atoms with Gasteiger partial charge in [-0.25, -0.2) is 0 Å². The Hall–Kier alpha value is -4.30. The van der Waals surface area contributed by atoms with Crippen LogP contribution in [-0.4, -0.2) is 39.7 Å². The Balaban J connectivity index is 1.29. The smallest absolute Gasteiger partial charge is 0.293 e. The third kappa shape index (κ3) is 5.97. The monoisotopic (exact) mass is 553 g/mol.